The Hall–Kier alpha value is -3.03. The highest BCUT2D eigenvalue weighted by Crippen LogP contribution is 2.30. The van der Waals surface area contributed by atoms with E-state index in [0.717, 1.165) is 5.56 Å². The first-order chi connectivity index (χ1) is 13.8. The highest BCUT2D eigenvalue weighted by molar-refractivity contribution is 6.44. The Morgan fingerprint density at radius 2 is 1.76 bits per heavy atom. The van der Waals surface area contributed by atoms with E-state index in [-0.39, 0.29) is 22.2 Å². The number of hydrogen-bond donors (Lipinski definition) is 2. The van der Waals surface area contributed by atoms with E-state index in [4.69, 9.17) is 32.7 Å². The summed E-state index contributed by atoms with van der Waals surface area (Å²) in [4.78, 5) is 31.4. The van der Waals surface area contributed by atoms with Crippen molar-refractivity contribution in [3.63, 3.8) is 0 Å². The van der Waals surface area contributed by atoms with Crippen LogP contribution in [0, 0.1) is 6.92 Å². The molecular weight excluding hydrogens is 417 g/mol. The topological polar surface area (TPSA) is 93.3 Å². The molecule has 2 heterocycles. The lowest BCUT2D eigenvalue weighted by Gasteiger charge is -2.09. The van der Waals surface area contributed by atoms with Gasteiger partial charge in [-0.3, -0.25) is 4.79 Å². The fourth-order valence-electron chi connectivity index (χ4n) is 2.70. The zero-order valence-corrected chi connectivity index (χ0v) is 17.3. The predicted molar refractivity (Wildman–Crippen MR) is 111 cm³/mol. The first-order valence-corrected chi connectivity index (χ1v) is 9.19. The Labute approximate surface area is 177 Å². The number of hydrogen-bond acceptors (Lipinski definition) is 5. The minimum absolute atomic E-state index is 0.179. The summed E-state index contributed by atoms with van der Waals surface area (Å²) in [6, 6.07) is 8.65. The van der Waals surface area contributed by atoms with Gasteiger partial charge in [-0.1, -0.05) is 35.3 Å². The average molecular weight is 434 g/mol. The number of amides is 1. The number of aromatic amines is 1. The maximum atomic E-state index is 12.4. The number of nitrogens with zero attached hydrogens (tertiary/aromatic N) is 1. The predicted octanol–water partition coefficient (Wildman–Crippen LogP) is 4.74. The molecule has 7 nitrogen and oxygen atoms in total. The van der Waals surface area contributed by atoms with Crippen LogP contribution in [-0.4, -0.2) is 36.1 Å². The second-order valence-corrected chi connectivity index (χ2v) is 6.81. The summed E-state index contributed by atoms with van der Waals surface area (Å²) in [6.07, 6.45) is 1.59. The van der Waals surface area contributed by atoms with Crippen molar-refractivity contribution in [1.29, 1.82) is 0 Å². The van der Waals surface area contributed by atoms with E-state index < -0.39 is 11.9 Å². The van der Waals surface area contributed by atoms with Gasteiger partial charge in [-0.15, -0.1) is 0 Å². The van der Waals surface area contributed by atoms with Crippen LogP contribution in [0.4, 0.5) is 5.69 Å². The first-order valence-electron chi connectivity index (χ1n) is 8.43. The summed E-state index contributed by atoms with van der Waals surface area (Å²) in [5, 5.41) is 3.25. The van der Waals surface area contributed by atoms with E-state index in [1.807, 2.05) is 0 Å². The second kappa shape index (κ2) is 8.55. The fourth-order valence-corrected chi connectivity index (χ4v) is 3.11. The molecule has 3 aromatic rings. The fraction of sp³-hybridized carbons (Fsp3) is 0.150. The number of methoxy groups -OCH3 is 2. The zero-order chi connectivity index (χ0) is 21.1. The molecule has 0 aliphatic heterocycles. The lowest BCUT2D eigenvalue weighted by Crippen LogP contribution is -2.12. The molecule has 1 amide bonds. The number of esters is 1. The molecule has 0 atom stereocenters. The maximum absolute atomic E-state index is 12.4. The number of aromatic nitrogens is 2. The SMILES string of the molecule is COC(=O)c1cc(-c2ccc(NC(=O)c3[nH]c(C)c(Cl)c3Cl)cc2)cnc1OC. The van der Waals surface area contributed by atoms with Gasteiger partial charge in [0.1, 0.15) is 11.3 Å². The number of carbonyl (C=O) groups excluding carboxylic acids is 2. The number of ether oxygens (including phenoxy) is 2. The van der Waals surface area contributed by atoms with Gasteiger partial charge in [0.25, 0.3) is 5.91 Å². The van der Waals surface area contributed by atoms with Crippen LogP contribution >= 0.6 is 23.2 Å². The average Bonchev–Trinajstić information content (AvgIpc) is 3.00. The lowest BCUT2D eigenvalue weighted by molar-refractivity contribution is 0.0596. The summed E-state index contributed by atoms with van der Waals surface area (Å²) in [6.45, 7) is 1.73. The molecule has 0 aliphatic carbocycles. The van der Waals surface area contributed by atoms with Crippen LogP contribution in [-0.2, 0) is 4.74 Å². The summed E-state index contributed by atoms with van der Waals surface area (Å²) >= 11 is 12.1. The number of nitrogens with one attached hydrogen (secondary N) is 2. The van der Waals surface area contributed by atoms with Crippen molar-refractivity contribution in [3.8, 4) is 17.0 Å². The minimum Gasteiger partial charge on any atom is -0.480 e. The van der Waals surface area contributed by atoms with E-state index in [0.29, 0.717) is 22.0 Å². The molecule has 2 aromatic heterocycles. The van der Waals surface area contributed by atoms with Crippen LogP contribution in [0.15, 0.2) is 36.5 Å². The van der Waals surface area contributed by atoms with Crippen molar-refractivity contribution < 1.29 is 19.1 Å². The van der Waals surface area contributed by atoms with Crippen molar-refractivity contribution in [3.05, 3.63) is 63.5 Å². The molecule has 29 heavy (non-hydrogen) atoms. The van der Waals surface area contributed by atoms with Gasteiger partial charge in [-0.25, -0.2) is 9.78 Å². The largest absolute Gasteiger partial charge is 0.480 e. The molecule has 0 radical (unpaired) electrons. The van der Waals surface area contributed by atoms with Crippen molar-refractivity contribution in [2.75, 3.05) is 19.5 Å². The van der Waals surface area contributed by atoms with E-state index in [9.17, 15) is 9.59 Å². The quantitative estimate of drug-likeness (QED) is 0.566. The number of halogens is 2. The van der Waals surface area contributed by atoms with Gasteiger partial charge < -0.3 is 19.8 Å². The molecule has 1 aromatic carbocycles. The first kappa shape index (κ1) is 20.7. The normalized spacial score (nSPS) is 10.5. The number of benzene rings is 1. The molecule has 9 heteroatoms. The van der Waals surface area contributed by atoms with Crippen molar-refractivity contribution >= 4 is 40.8 Å². The zero-order valence-electron chi connectivity index (χ0n) is 15.8. The van der Waals surface area contributed by atoms with E-state index in [2.05, 4.69) is 15.3 Å². The van der Waals surface area contributed by atoms with Gasteiger partial charge in [0.15, 0.2) is 0 Å². The lowest BCUT2D eigenvalue weighted by atomic mass is 10.1. The number of H-pyrrole nitrogens is 1. The summed E-state index contributed by atoms with van der Waals surface area (Å²) in [5.74, 6) is -0.769. The van der Waals surface area contributed by atoms with Crippen LogP contribution < -0.4 is 10.1 Å². The van der Waals surface area contributed by atoms with Gasteiger partial charge in [-0.05, 0) is 30.7 Å². The standard InChI is InChI=1S/C20H17Cl2N3O4/c1-10-15(21)16(22)17(24-10)18(26)25-13-6-4-11(5-7-13)12-8-14(20(27)29-3)19(28-2)23-9-12/h4-9,24H,1-3H3,(H,25,26). The van der Waals surface area contributed by atoms with Crippen molar-refractivity contribution in [2.45, 2.75) is 6.92 Å². The van der Waals surface area contributed by atoms with Crippen molar-refractivity contribution in [1.82, 2.24) is 9.97 Å². The van der Waals surface area contributed by atoms with Gasteiger partial charge in [0.05, 0.1) is 24.3 Å². The van der Waals surface area contributed by atoms with E-state index in [1.165, 1.54) is 14.2 Å². The van der Waals surface area contributed by atoms with Gasteiger partial charge >= 0.3 is 5.97 Å². The Balaban J connectivity index is 1.82. The molecule has 3 rings (SSSR count). The van der Waals surface area contributed by atoms with Gasteiger partial charge in [0, 0.05) is 23.1 Å². The molecule has 0 saturated heterocycles. The molecule has 2 N–H and O–H groups in total. The Kier molecular flexibility index (Phi) is 6.10. The third-order valence-electron chi connectivity index (χ3n) is 4.21. The van der Waals surface area contributed by atoms with Crippen LogP contribution in [0.5, 0.6) is 5.88 Å². The second-order valence-electron chi connectivity index (χ2n) is 6.06. The monoisotopic (exact) mass is 433 g/mol. The van der Waals surface area contributed by atoms with E-state index >= 15 is 0 Å². The minimum atomic E-state index is -0.545. The molecule has 0 bridgehead atoms. The number of anilines is 1. The molecule has 0 spiro atoms. The van der Waals surface area contributed by atoms with Crippen LogP contribution in [0.3, 0.4) is 0 Å². The Bertz CT molecular complexity index is 1080. The summed E-state index contributed by atoms with van der Waals surface area (Å²) in [7, 11) is 2.72. The molecule has 150 valence electrons. The third kappa shape index (κ3) is 4.21. The van der Waals surface area contributed by atoms with Gasteiger partial charge in [0.2, 0.25) is 5.88 Å². The highest BCUT2D eigenvalue weighted by Gasteiger charge is 2.18. The number of rotatable bonds is 5. The molecule has 0 fully saturated rings. The van der Waals surface area contributed by atoms with Crippen molar-refractivity contribution in [2.24, 2.45) is 0 Å². The van der Waals surface area contributed by atoms with Gasteiger partial charge in [-0.2, -0.15) is 0 Å². The molecular formula is C20H17Cl2N3O4. The molecule has 0 saturated carbocycles. The maximum Gasteiger partial charge on any atom is 0.343 e. The summed E-state index contributed by atoms with van der Waals surface area (Å²) < 4.78 is 9.87. The number of aryl methyl sites for hydroxylation is 1. The summed E-state index contributed by atoms with van der Waals surface area (Å²) in [5.41, 5.74) is 3.08. The van der Waals surface area contributed by atoms with Crippen LogP contribution in [0.1, 0.15) is 26.5 Å². The Morgan fingerprint density at radius 1 is 1.07 bits per heavy atom. The Morgan fingerprint density at radius 3 is 2.31 bits per heavy atom. The molecule has 0 aliphatic rings. The third-order valence-corrected chi connectivity index (χ3v) is 5.15. The molecule has 0 unspecified atom stereocenters. The smallest absolute Gasteiger partial charge is 0.343 e. The number of pyridine rings is 1. The van der Waals surface area contributed by atoms with Crippen LogP contribution in [0.25, 0.3) is 11.1 Å². The number of carbonyl (C=O) groups is 2. The highest BCUT2D eigenvalue weighted by atomic mass is 35.5. The van der Waals surface area contributed by atoms with E-state index in [1.54, 1.807) is 43.5 Å². The van der Waals surface area contributed by atoms with Crippen LogP contribution in [0.2, 0.25) is 10.0 Å².